The second-order valence-electron chi connectivity index (χ2n) is 5.54. The molecular formula is C17H21NS. The van der Waals surface area contributed by atoms with Gasteiger partial charge in [-0.3, -0.25) is 0 Å². The van der Waals surface area contributed by atoms with Gasteiger partial charge in [-0.05, 0) is 36.3 Å². The van der Waals surface area contributed by atoms with Gasteiger partial charge in [-0.1, -0.05) is 44.0 Å². The number of nitrogens with one attached hydrogen (secondary N) is 1. The largest absolute Gasteiger partial charge is 0.382 e. The predicted octanol–water partition coefficient (Wildman–Crippen LogP) is 5.41. The Morgan fingerprint density at radius 2 is 1.89 bits per heavy atom. The number of anilines is 1. The molecule has 2 unspecified atom stereocenters. The molecule has 0 saturated heterocycles. The van der Waals surface area contributed by atoms with Gasteiger partial charge in [0.05, 0.1) is 0 Å². The summed E-state index contributed by atoms with van der Waals surface area (Å²) in [5.74, 6) is 0.783. The molecule has 1 N–H and O–H groups in total. The standard InChI is InChI=1S/C17H21NS/c1-13-7-2-4-9-15(13)18-16-10-5-3-8-14(16)17-11-6-12-19-17/h3,5-6,8,10-13,15,18H,2,4,7,9H2,1H3. The summed E-state index contributed by atoms with van der Waals surface area (Å²) in [6.45, 7) is 2.38. The number of hydrogen-bond acceptors (Lipinski definition) is 2. The highest BCUT2D eigenvalue weighted by molar-refractivity contribution is 7.13. The van der Waals surface area contributed by atoms with E-state index in [1.807, 2.05) is 11.3 Å². The van der Waals surface area contributed by atoms with Crippen LogP contribution in [0.4, 0.5) is 5.69 Å². The van der Waals surface area contributed by atoms with E-state index in [-0.39, 0.29) is 0 Å². The molecule has 1 saturated carbocycles. The van der Waals surface area contributed by atoms with Gasteiger partial charge in [0.2, 0.25) is 0 Å². The van der Waals surface area contributed by atoms with Gasteiger partial charge in [0.15, 0.2) is 0 Å². The van der Waals surface area contributed by atoms with Crippen molar-refractivity contribution in [1.82, 2.24) is 0 Å². The van der Waals surface area contributed by atoms with Crippen LogP contribution in [0.5, 0.6) is 0 Å². The monoisotopic (exact) mass is 271 g/mol. The third-order valence-electron chi connectivity index (χ3n) is 4.17. The fraction of sp³-hybridized carbons (Fsp3) is 0.412. The highest BCUT2D eigenvalue weighted by Crippen LogP contribution is 2.34. The average molecular weight is 271 g/mol. The van der Waals surface area contributed by atoms with Gasteiger partial charge in [0.25, 0.3) is 0 Å². The Morgan fingerprint density at radius 3 is 2.68 bits per heavy atom. The molecule has 1 aliphatic carbocycles. The van der Waals surface area contributed by atoms with Crippen LogP contribution in [-0.4, -0.2) is 6.04 Å². The van der Waals surface area contributed by atoms with Crippen LogP contribution in [0.25, 0.3) is 10.4 Å². The molecule has 2 aromatic rings. The van der Waals surface area contributed by atoms with Crippen molar-refractivity contribution in [3.8, 4) is 10.4 Å². The number of hydrogen-bond donors (Lipinski definition) is 1. The zero-order chi connectivity index (χ0) is 13.1. The van der Waals surface area contributed by atoms with Crippen molar-refractivity contribution in [1.29, 1.82) is 0 Å². The van der Waals surface area contributed by atoms with Crippen LogP contribution in [0.2, 0.25) is 0 Å². The first-order chi connectivity index (χ1) is 9.34. The minimum atomic E-state index is 0.634. The maximum atomic E-state index is 3.79. The Kier molecular flexibility index (Phi) is 3.88. The lowest BCUT2D eigenvalue weighted by Crippen LogP contribution is -2.30. The van der Waals surface area contributed by atoms with Crippen molar-refractivity contribution in [2.45, 2.75) is 38.6 Å². The summed E-state index contributed by atoms with van der Waals surface area (Å²) in [6.07, 6.45) is 5.42. The number of para-hydroxylation sites is 1. The van der Waals surface area contributed by atoms with Crippen molar-refractivity contribution in [3.63, 3.8) is 0 Å². The van der Waals surface area contributed by atoms with Crippen LogP contribution in [-0.2, 0) is 0 Å². The Balaban J connectivity index is 1.84. The third kappa shape index (κ3) is 2.84. The fourth-order valence-electron chi connectivity index (χ4n) is 2.99. The lowest BCUT2D eigenvalue weighted by Gasteiger charge is -2.31. The van der Waals surface area contributed by atoms with E-state index in [9.17, 15) is 0 Å². The van der Waals surface area contributed by atoms with Gasteiger partial charge in [-0.2, -0.15) is 0 Å². The van der Waals surface area contributed by atoms with Gasteiger partial charge < -0.3 is 5.32 Å². The number of thiophene rings is 1. The van der Waals surface area contributed by atoms with E-state index in [4.69, 9.17) is 0 Å². The molecule has 1 heterocycles. The first-order valence-electron chi connectivity index (χ1n) is 7.24. The van der Waals surface area contributed by atoms with Gasteiger partial charge in [0.1, 0.15) is 0 Å². The molecule has 1 aromatic carbocycles. The molecule has 3 rings (SSSR count). The third-order valence-corrected chi connectivity index (χ3v) is 5.07. The molecule has 2 heteroatoms. The molecule has 1 nitrogen and oxygen atoms in total. The molecule has 0 aliphatic heterocycles. The summed E-state index contributed by atoms with van der Waals surface area (Å²) >= 11 is 1.81. The van der Waals surface area contributed by atoms with Crippen molar-refractivity contribution in [2.75, 3.05) is 5.32 Å². The van der Waals surface area contributed by atoms with E-state index in [1.54, 1.807) is 0 Å². The van der Waals surface area contributed by atoms with Crippen LogP contribution in [0.3, 0.4) is 0 Å². The maximum Gasteiger partial charge on any atom is 0.0430 e. The summed E-state index contributed by atoms with van der Waals surface area (Å²) in [6, 6.07) is 13.7. The van der Waals surface area contributed by atoms with E-state index in [2.05, 4.69) is 54.0 Å². The highest BCUT2D eigenvalue weighted by atomic mass is 32.1. The lowest BCUT2D eigenvalue weighted by atomic mass is 9.85. The normalized spacial score (nSPS) is 23.2. The molecule has 0 spiro atoms. The zero-order valence-corrected chi connectivity index (χ0v) is 12.2. The van der Waals surface area contributed by atoms with Crippen LogP contribution in [0, 0.1) is 5.92 Å². The van der Waals surface area contributed by atoms with Gasteiger partial charge in [0, 0.05) is 22.2 Å². The molecule has 1 aromatic heterocycles. The highest BCUT2D eigenvalue weighted by Gasteiger charge is 2.21. The van der Waals surface area contributed by atoms with E-state index in [1.165, 1.54) is 41.8 Å². The second kappa shape index (κ2) is 5.79. The summed E-state index contributed by atoms with van der Waals surface area (Å²) in [5.41, 5.74) is 2.64. The quantitative estimate of drug-likeness (QED) is 0.787. The van der Waals surface area contributed by atoms with Crippen molar-refractivity contribution >= 4 is 17.0 Å². The van der Waals surface area contributed by atoms with Crippen molar-refractivity contribution in [3.05, 3.63) is 41.8 Å². The SMILES string of the molecule is CC1CCCCC1Nc1ccccc1-c1cccs1. The summed E-state index contributed by atoms with van der Waals surface area (Å²) in [7, 11) is 0. The lowest BCUT2D eigenvalue weighted by molar-refractivity contribution is 0.349. The first-order valence-corrected chi connectivity index (χ1v) is 8.12. The van der Waals surface area contributed by atoms with Crippen molar-refractivity contribution in [2.24, 2.45) is 5.92 Å². The molecule has 19 heavy (non-hydrogen) atoms. The van der Waals surface area contributed by atoms with Gasteiger partial charge in [-0.15, -0.1) is 11.3 Å². The molecule has 0 amide bonds. The smallest absolute Gasteiger partial charge is 0.0430 e. The van der Waals surface area contributed by atoms with Crippen LogP contribution in [0.15, 0.2) is 41.8 Å². The molecule has 0 radical (unpaired) electrons. The Bertz CT molecular complexity index is 518. The summed E-state index contributed by atoms with van der Waals surface area (Å²) in [4.78, 5) is 1.35. The molecule has 100 valence electrons. The average Bonchev–Trinajstić information content (AvgIpc) is 2.96. The molecule has 1 fully saturated rings. The summed E-state index contributed by atoms with van der Waals surface area (Å²) < 4.78 is 0. The van der Waals surface area contributed by atoms with E-state index in [0.29, 0.717) is 6.04 Å². The number of benzene rings is 1. The molecular weight excluding hydrogens is 250 g/mol. The van der Waals surface area contributed by atoms with Crippen LogP contribution >= 0.6 is 11.3 Å². The zero-order valence-electron chi connectivity index (χ0n) is 11.4. The topological polar surface area (TPSA) is 12.0 Å². The van der Waals surface area contributed by atoms with E-state index < -0.39 is 0 Å². The second-order valence-corrected chi connectivity index (χ2v) is 6.48. The Hall–Kier alpha value is -1.28. The van der Waals surface area contributed by atoms with Crippen molar-refractivity contribution < 1.29 is 0 Å². The first kappa shape index (κ1) is 12.7. The number of rotatable bonds is 3. The van der Waals surface area contributed by atoms with Crippen LogP contribution in [0.1, 0.15) is 32.6 Å². The van der Waals surface area contributed by atoms with E-state index >= 15 is 0 Å². The molecule has 0 bridgehead atoms. The maximum absolute atomic E-state index is 3.79. The summed E-state index contributed by atoms with van der Waals surface area (Å²) in [5, 5.41) is 5.94. The van der Waals surface area contributed by atoms with E-state index in [0.717, 1.165) is 5.92 Å². The minimum absolute atomic E-state index is 0.634. The molecule has 2 atom stereocenters. The molecule has 1 aliphatic rings. The van der Waals surface area contributed by atoms with Crippen LogP contribution < -0.4 is 5.32 Å². The predicted molar refractivity (Wildman–Crippen MR) is 84.8 cm³/mol. The Morgan fingerprint density at radius 1 is 1.05 bits per heavy atom. The van der Waals surface area contributed by atoms with Gasteiger partial charge >= 0.3 is 0 Å². The Labute approximate surface area is 119 Å². The fourth-order valence-corrected chi connectivity index (χ4v) is 3.75. The van der Waals surface area contributed by atoms with Gasteiger partial charge in [-0.25, -0.2) is 0 Å². The minimum Gasteiger partial charge on any atom is -0.382 e.